The lowest BCUT2D eigenvalue weighted by molar-refractivity contribution is -0.0528. The smallest absolute Gasteiger partial charge is 0.388 e. The molecule has 1 aliphatic rings. The van der Waals surface area contributed by atoms with Crippen LogP contribution in [0.1, 0.15) is 5.56 Å². The van der Waals surface area contributed by atoms with Crippen LogP contribution in [-0.4, -0.2) is 45.5 Å². The molecule has 0 fully saturated rings. The van der Waals surface area contributed by atoms with E-state index in [-0.39, 0.29) is 12.6 Å². The standard InChI is InChI=1S/C16H17F2N5O3/c1-25-15-13(12-2-3-19-14(7-12)26-16(17)18)6-11(8-20-15)9-22-4-5-23(10-24)21-22/h2-8,16,21,24H,9-10H2,1H3. The molecule has 0 unspecified atom stereocenters. The molecule has 2 aromatic rings. The van der Waals surface area contributed by atoms with Gasteiger partial charge in [0, 0.05) is 36.4 Å². The number of nitrogens with one attached hydrogen (secondary N) is 1. The van der Waals surface area contributed by atoms with Crippen LogP contribution in [0.25, 0.3) is 11.1 Å². The Labute approximate surface area is 148 Å². The minimum Gasteiger partial charge on any atom is -0.481 e. The van der Waals surface area contributed by atoms with Crippen LogP contribution in [0.2, 0.25) is 0 Å². The summed E-state index contributed by atoms with van der Waals surface area (Å²) in [6.07, 6.45) is 6.48. The van der Waals surface area contributed by atoms with Crippen molar-refractivity contribution in [1.82, 2.24) is 25.5 Å². The monoisotopic (exact) mass is 365 g/mol. The van der Waals surface area contributed by atoms with Crippen molar-refractivity contribution < 1.29 is 23.4 Å². The van der Waals surface area contributed by atoms with Gasteiger partial charge in [-0.05, 0) is 23.3 Å². The van der Waals surface area contributed by atoms with Crippen LogP contribution in [0.4, 0.5) is 8.78 Å². The Morgan fingerprint density at radius 3 is 2.73 bits per heavy atom. The molecule has 0 amide bonds. The second kappa shape index (κ2) is 7.93. The Balaban J connectivity index is 1.85. The highest BCUT2D eigenvalue weighted by molar-refractivity contribution is 5.69. The van der Waals surface area contributed by atoms with E-state index in [2.05, 4.69) is 20.2 Å². The first-order chi connectivity index (χ1) is 12.6. The molecule has 0 bridgehead atoms. The van der Waals surface area contributed by atoms with Gasteiger partial charge in [-0.2, -0.15) is 8.78 Å². The summed E-state index contributed by atoms with van der Waals surface area (Å²) in [5, 5.41) is 12.3. The number of hydrazine groups is 2. The second-order valence-corrected chi connectivity index (χ2v) is 5.30. The van der Waals surface area contributed by atoms with E-state index >= 15 is 0 Å². The summed E-state index contributed by atoms with van der Waals surface area (Å²) in [7, 11) is 1.48. The third-order valence-electron chi connectivity index (χ3n) is 3.55. The molecule has 0 aromatic carbocycles. The number of halogens is 2. The molecule has 1 aliphatic heterocycles. The Bertz CT molecular complexity index is 790. The van der Waals surface area contributed by atoms with Crippen molar-refractivity contribution in [2.75, 3.05) is 13.8 Å². The predicted octanol–water partition coefficient (Wildman–Crippen LogP) is 1.71. The summed E-state index contributed by atoms with van der Waals surface area (Å²) in [5.41, 5.74) is 4.99. The third kappa shape index (κ3) is 4.16. The molecule has 0 atom stereocenters. The zero-order valence-corrected chi connectivity index (χ0v) is 13.8. The maximum absolute atomic E-state index is 12.4. The van der Waals surface area contributed by atoms with E-state index in [4.69, 9.17) is 9.84 Å². The number of rotatable bonds is 7. The number of hydrogen-bond acceptors (Lipinski definition) is 8. The number of alkyl halides is 2. The van der Waals surface area contributed by atoms with Crippen LogP contribution >= 0.6 is 0 Å². The van der Waals surface area contributed by atoms with E-state index < -0.39 is 6.61 Å². The van der Waals surface area contributed by atoms with Gasteiger partial charge in [0.2, 0.25) is 11.8 Å². The SMILES string of the molecule is COc1ncc(CN2C=CN(CO)N2)cc1-c1ccnc(OC(F)F)c1. The van der Waals surface area contributed by atoms with E-state index in [9.17, 15) is 8.78 Å². The molecule has 0 radical (unpaired) electrons. The highest BCUT2D eigenvalue weighted by Crippen LogP contribution is 2.31. The topological polar surface area (TPSA) is 83.0 Å². The van der Waals surface area contributed by atoms with Crippen molar-refractivity contribution in [2.24, 2.45) is 0 Å². The van der Waals surface area contributed by atoms with Crippen LogP contribution in [0.15, 0.2) is 43.0 Å². The largest absolute Gasteiger partial charge is 0.481 e. The van der Waals surface area contributed by atoms with E-state index in [0.29, 0.717) is 23.6 Å². The number of nitrogens with zero attached hydrogens (tertiary/aromatic N) is 4. The number of methoxy groups -OCH3 is 1. The summed E-state index contributed by atoms with van der Waals surface area (Å²) in [4.78, 5) is 8.04. The maximum Gasteiger partial charge on any atom is 0.388 e. The molecule has 8 nitrogen and oxygen atoms in total. The summed E-state index contributed by atoms with van der Waals surface area (Å²) in [6, 6.07) is 4.89. The fourth-order valence-corrected chi connectivity index (χ4v) is 2.44. The van der Waals surface area contributed by atoms with Gasteiger partial charge in [0.1, 0.15) is 6.73 Å². The lowest BCUT2D eigenvalue weighted by atomic mass is 10.1. The fraction of sp³-hybridized carbons (Fsp3) is 0.250. The van der Waals surface area contributed by atoms with Gasteiger partial charge in [-0.25, -0.2) is 9.97 Å². The molecule has 138 valence electrons. The number of aliphatic hydroxyl groups excluding tert-OH is 1. The van der Waals surface area contributed by atoms with Crippen LogP contribution in [-0.2, 0) is 6.54 Å². The average Bonchev–Trinajstić information content (AvgIpc) is 3.09. The van der Waals surface area contributed by atoms with Crippen molar-refractivity contribution >= 4 is 0 Å². The zero-order valence-electron chi connectivity index (χ0n) is 13.8. The normalized spacial score (nSPS) is 13.6. The van der Waals surface area contributed by atoms with Gasteiger partial charge < -0.3 is 14.6 Å². The molecule has 10 heteroatoms. The molecular formula is C16H17F2N5O3. The summed E-state index contributed by atoms with van der Waals surface area (Å²) in [6.45, 7) is -2.66. The Morgan fingerprint density at radius 1 is 1.23 bits per heavy atom. The highest BCUT2D eigenvalue weighted by atomic mass is 19.3. The van der Waals surface area contributed by atoms with Gasteiger partial charge in [-0.3, -0.25) is 10.0 Å². The van der Waals surface area contributed by atoms with Gasteiger partial charge >= 0.3 is 6.61 Å². The number of ether oxygens (including phenoxy) is 2. The predicted molar refractivity (Wildman–Crippen MR) is 87.4 cm³/mol. The minimum absolute atomic E-state index is 0.164. The van der Waals surface area contributed by atoms with Crippen molar-refractivity contribution in [3.63, 3.8) is 0 Å². The van der Waals surface area contributed by atoms with Crippen LogP contribution in [0, 0.1) is 0 Å². The number of aromatic nitrogens is 2. The Morgan fingerprint density at radius 2 is 2.04 bits per heavy atom. The fourth-order valence-electron chi connectivity index (χ4n) is 2.44. The van der Waals surface area contributed by atoms with E-state index in [1.165, 1.54) is 24.4 Å². The molecule has 26 heavy (non-hydrogen) atoms. The summed E-state index contributed by atoms with van der Waals surface area (Å²) in [5.74, 6) is 0.164. The van der Waals surface area contributed by atoms with Crippen molar-refractivity contribution in [2.45, 2.75) is 13.2 Å². The van der Waals surface area contributed by atoms with Gasteiger partial charge in [0.25, 0.3) is 0 Å². The molecular weight excluding hydrogens is 348 g/mol. The first-order valence-corrected chi connectivity index (χ1v) is 7.62. The van der Waals surface area contributed by atoms with Crippen LogP contribution < -0.4 is 15.0 Å². The molecule has 2 N–H and O–H groups in total. The van der Waals surface area contributed by atoms with Crippen molar-refractivity contribution in [3.05, 3.63) is 48.6 Å². The van der Waals surface area contributed by atoms with Gasteiger partial charge in [0.05, 0.1) is 13.7 Å². The highest BCUT2D eigenvalue weighted by Gasteiger charge is 2.15. The van der Waals surface area contributed by atoms with E-state index in [1.807, 2.05) is 6.07 Å². The quantitative estimate of drug-likeness (QED) is 0.767. The van der Waals surface area contributed by atoms with E-state index in [0.717, 1.165) is 5.56 Å². The number of aliphatic hydroxyl groups is 1. The number of pyridine rings is 2. The van der Waals surface area contributed by atoms with Gasteiger partial charge in [0.15, 0.2) is 0 Å². The Kier molecular flexibility index (Phi) is 5.44. The van der Waals surface area contributed by atoms with Gasteiger partial charge in [-0.15, -0.1) is 5.53 Å². The molecule has 0 saturated carbocycles. The molecule has 3 rings (SSSR count). The first-order valence-electron chi connectivity index (χ1n) is 7.62. The lowest BCUT2D eigenvalue weighted by Gasteiger charge is -2.21. The average molecular weight is 365 g/mol. The Hall–Kier alpha value is -2.98. The number of hydrogen-bond donors (Lipinski definition) is 2. The minimum atomic E-state index is -2.95. The molecule has 3 heterocycles. The zero-order chi connectivity index (χ0) is 18.5. The molecule has 2 aromatic heterocycles. The summed E-state index contributed by atoms with van der Waals surface area (Å²) < 4.78 is 34.4. The van der Waals surface area contributed by atoms with Crippen molar-refractivity contribution in [3.8, 4) is 22.9 Å². The molecule has 0 spiro atoms. The van der Waals surface area contributed by atoms with E-state index in [1.54, 1.807) is 29.7 Å². The molecule has 0 saturated heterocycles. The molecule has 0 aliphatic carbocycles. The lowest BCUT2D eigenvalue weighted by Crippen LogP contribution is -2.39. The van der Waals surface area contributed by atoms with Gasteiger partial charge in [-0.1, -0.05) is 0 Å². The second-order valence-electron chi connectivity index (χ2n) is 5.30. The first kappa shape index (κ1) is 17.8. The van der Waals surface area contributed by atoms with Crippen LogP contribution in [0.5, 0.6) is 11.8 Å². The summed E-state index contributed by atoms with van der Waals surface area (Å²) >= 11 is 0. The third-order valence-corrected chi connectivity index (χ3v) is 3.55. The van der Waals surface area contributed by atoms with Crippen LogP contribution in [0.3, 0.4) is 0 Å². The maximum atomic E-state index is 12.4. The van der Waals surface area contributed by atoms with Crippen molar-refractivity contribution in [1.29, 1.82) is 0 Å².